The monoisotopic (exact) mass is 375 g/mol. The van der Waals surface area contributed by atoms with Gasteiger partial charge in [0, 0.05) is 0 Å². The first-order valence-electron chi connectivity index (χ1n) is 7.37. The second kappa shape index (κ2) is 7.09. The first-order chi connectivity index (χ1) is 12.4. The normalized spacial score (nSPS) is 13.3. The van der Waals surface area contributed by atoms with Crippen molar-refractivity contribution in [1.82, 2.24) is 9.66 Å². The highest BCUT2D eigenvalue weighted by molar-refractivity contribution is 7.60. The van der Waals surface area contributed by atoms with Crippen LogP contribution < -0.4 is 16.8 Å². The second-order valence-electron chi connectivity index (χ2n) is 5.16. The number of rotatable bonds is 5. The van der Waals surface area contributed by atoms with Crippen LogP contribution in [0.2, 0.25) is 0 Å². The molecule has 2 aromatic carbocycles. The molecule has 0 radical (unpaired) electrons. The molecule has 0 spiro atoms. The molecule has 0 aliphatic carbocycles. The predicted molar refractivity (Wildman–Crippen MR) is 93.4 cm³/mol. The van der Waals surface area contributed by atoms with Gasteiger partial charge in [0.15, 0.2) is 0 Å². The van der Waals surface area contributed by atoms with Gasteiger partial charge in [-0.2, -0.15) is 0 Å². The molecule has 3 N–H and O–H groups in total. The Morgan fingerprint density at radius 2 is 1.81 bits per heavy atom. The zero-order valence-electron chi connectivity index (χ0n) is 13.3. The van der Waals surface area contributed by atoms with Crippen LogP contribution in [-0.2, 0) is 13.8 Å². The van der Waals surface area contributed by atoms with Crippen LogP contribution in [-0.4, -0.2) is 27.3 Å². The average Bonchev–Trinajstić information content (AvgIpc) is 2.65. The smallest absolute Gasteiger partial charge is 0.385 e. The fraction of sp³-hybridized carbons (Fsp3) is 0.0625. The maximum absolute atomic E-state index is 12.4. The third-order valence-corrected chi connectivity index (χ3v) is 4.75. The van der Waals surface area contributed by atoms with Gasteiger partial charge in [-0.15, -0.1) is 0 Å². The summed E-state index contributed by atoms with van der Waals surface area (Å²) >= 11 is 0. The number of nitrogen functional groups attached to an aromatic ring is 1. The molecule has 0 fully saturated rings. The lowest BCUT2D eigenvalue weighted by molar-refractivity contribution is 0.0134. The molecule has 9 nitrogen and oxygen atoms in total. The Hall–Kier alpha value is -3.00. The highest BCUT2D eigenvalue weighted by Crippen LogP contribution is 2.38. The van der Waals surface area contributed by atoms with Gasteiger partial charge in [-0.1, -0.05) is 30.3 Å². The van der Waals surface area contributed by atoms with Crippen molar-refractivity contribution in [2.24, 2.45) is 0 Å². The zero-order chi connectivity index (χ0) is 18.7. The zero-order valence-corrected chi connectivity index (χ0v) is 14.2. The van der Waals surface area contributed by atoms with E-state index in [2.05, 4.69) is 4.98 Å². The summed E-state index contributed by atoms with van der Waals surface area (Å²) in [5, 5.41) is 0. The standard InChI is InChI=1S/C16H14N3O6P/c17-19-13-9-5-4-8-12(13)18-14(15(19)20)26(22,23)25-10-24-16(21)11-6-2-1-3-7-11/h1-9H,10,17H2,(H,22,23). The summed E-state index contributed by atoms with van der Waals surface area (Å²) in [5.74, 6) is 4.92. The van der Waals surface area contributed by atoms with Gasteiger partial charge in [-0.25, -0.2) is 14.5 Å². The Morgan fingerprint density at radius 1 is 1.15 bits per heavy atom. The number of hydrogen-bond acceptors (Lipinski definition) is 7. The molecular formula is C16H14N3O6P. The lowest BCUT2D eigenvalue weighted by atomic mass is 10.2. The van der Waals surface area contributed by atoms with E-state index in [0.717, 1.165) is 0 Å². The maximum Gasteiger partial charge on any atom is 0.385 e. The van der Waals surface area contributed by atoms with Crippen molar-refractivity contribution in [2.75, 3.05) is 12.6 Å². The van der Waals surface area contributed by atoms with Crippen molar-refractivity contribution in [3.05, 3.63) is 70.5 Å². The molecule has 0 saturated carbocycles. The first-order valence-corrected chi connectivity index (χ1v) is 8.95. The predicted octanol–water partition coefficient (Wildman–Crippen LogP) is 0.752. The number of esters is 1. The van der Waals surface area contributed by atoms with E-state index in [4.69, 9.17) is 15.1 Å². The highest BCUT2D eigenvalue weighted by atomic mass is 31.2. The van der Waals surface area contributed by atoms with Gasteiger partial charge in [0.05, 0.1) is 16.6 Å². The lowest BCUT2D eigenvalue weighted by Crippen LogP contribution is -2.40. The molecule has 26 heavy (non-hydrogen) atoms. The number of aromatic nitrogens is 2. The van der Waals surface area contributed by atoms with Gasteiger partial charge < -0.3 is 15.5 Å². The molecule has 0 amide bonds. The molecule has 3 rings (SSSR count). The Morgan fingerprint density at radius 3 is 2.54 bits per heavy atom. The number of hydrogen-bond donors (Lipinski definition) is 2. The van der Waals surface area contributed by atoms with Crippen LogP contribution in [0.3, 0.4) is 0 Å². The summed E-state index contributed by atoms with van der Waals surface area (Å²) in [6, 6.07) is 14.4. The van der Waals surface area contributed by atoms with Crippen LogP contribution in [0, 0.1) is 0 Å². The third-order valence-electron chi connectivity index (χ3n) is 3.47. The molecule has 0 aliphatic rings. The fourth-order valence-electron chi connectivity index (χ4n) is 2.20. The summed E-state index contributed by atoms with van der Waals surface area (Å²) in [7, 11) is -4.66. The van der Waals surface area contributed by atoms with Crippen LogP contribution >= 0.6 is 7.60 Å². The second-order valence-corrected chi connectivity index (χ2v) is 6.89. The number of benzene rings is 2. The molecule has 1 unspecified atom stereocenters. The summed E-state index contributed by atoms with van der Waals surface area (Å²) in [4.78, 5) is 37.9. The Bertz CT molecular complexity index is 1070. The van der Waals surface area contributed by atoms with Crippen molar-refractivity contribution in [2.45, 2.75) is 0 Å². The van der Waals surface area contributed by atoms with Gasteiger partial charge in [0.25, 0.3) is 0 Å². The van der Waals surface area contributed by atoms with Gasteiger partial charge >= 0.3 is 19.1 Å². The van der Waals surface area contributed by atoms with Crippen LogP contribution in [0.25, 0.3) is 11.0 Å². The van der Waals surface area contributed by atoms with E-state index in [0.29, 0.717) is 4.68 Å². The fourth-order valence-corrected chi connectivity index (χ4v) is 3.10. The number of carbonyl (C=O) groups excluding carboxylic acids is 1. The molecule has 1 heterocycles. The van der Waals surface area contributed by atoms with E-state index in [9.17, 15) is 19.0 Å². The van der Waals surface area contributed by atoms with Crippen LogP contribution in [0.5, 0.6) is 0 Å². The molecule has 0 aliphatic heterocycles. The number of nitrogens with two attached hydrogens (primary N) is 1. The number of ether oxygens (including phenoxy) is 1. The number of para-hydroxylation sites is 2. The molecular weight excluding hydrogens is 361 g/mol. The Kier molecular flexibility index (Phi) is 4.85. The van der Waals surface area contributed by atoms with E-state index >= 15 is 0 Å². The highest BCUT2D eigenvalue weighted by Gasteiger charge is 2.31. The van der Waals surface area contributed by atoms with Gasteiger partial charge in [0.1, 0.15) is 0 Å². The molecule has 10 heteroatoms. The SMILES string of the molecule is Nn1c(=O)c(P(=O)(O)OCOC(=O)c2ccccc2)nc2ccccc21. The van der Waals surface area contributed by atoms with E-state index in [-0.39, 0.29) is 16.6 Å². The first kappa shape index (κ1) is 17.8. The molecule has 1 atom stereocenters. The van der Waals surface area contributed by atoms with Crippen molar-refractivity contribution < 1.29 is 23.5 Å². The van der Waals surface area contributed by atoms with Crippen molar-refractivity contribution in [3.8, 4) is 0 Å². The molecule has 3 aromatic rings. The molecule has 0 saturated heterocycles. The lowest BCUT2D eigenvalue weighted by Gasteiger charge is -2.13. The van der Waals surface area contributed by atoms with Gasteiger partial charge in [-0.3, -0.25) is 13.9 Å². The van der Waals surface area contributed by atoms with Crippen molar-refractivity contribution >= 4 is 30.0 Å². The minimum absolute atomic E-state index is 0.240. The number of carbonyl (C=O) groups is 1. The van der Waals surface area contributed by atoms with Crippen molar-refractivity contribution in [1.29, 1.82) is 0 Å². The van der Waals surface area contributed by atoms with E-state index in [1.165, 1.54) is 24.3 Å². The summed E-state index contributed by atoms with van der Waals surface area (Å²) in [6.45, 7) is -0.833. The summed E-state index contributed by atoms with van der Waals surface area (Å²) in [6.07, 6.45) is 0. The third kappa shape index (κ3) is 3.50. The largest absolute Gasteiger partial charge is 0.434 e. The molecule has 0 bridgehead atoms. The topological polar surface area (TPSA) is 134 Å². The quantitative estimate of drug-likeness (QED) is 0.289. The van der Waals surface area contributed by atoms with E-state index in [1.807, 2.05) is 0 Å². The molecule has 134 valence electrons. The van der Waals surface area contributed by atoms with Gasteiger partial charge in [0.2, 0.25) is 12.2 Å². The summed E-state index contributed by atoms with van der Waals surface area (Å²) in [5.41, 5.74) is -0.962. The molecule has 1 aromatic heterocycles. The minimum Gasteiger partial charge on any atom is -0.434 e. The van der Waals surface area contributed by atoms with Crippen LogP contribution in [0.4, 0.5) is 0 Å². The van der Waals surface area contributed by atoms with E-state index in [1.54, 1.807) is 30.3 Å². The number of nitrogens with zero attached hydrogens (tertiary/aromatic N) is 2. The Labute approximate surface area is 147 Å². The Balaban J connectivity index is 1.79. The minimum atomic E-state index is -4.66. The number of fused-ring (bicyclic) bond motifs is 1. The van der Waals surface area contributed by atoms with Crippen molar-refractivity contribution in [3.63, 3.8) is 0 Å². The average molecular weight is 375 g/mol. The summed E-state index contributed by atoms with van der Waals surface area (Å²) < 4.78 is 22.6. The van der Waals surface area contributed by atoms with E-state index < -0.39 is 31.4 Å². The van der Waals surface area contributed by atoms with Gasteiger partial charge in [-0.05, 0) is 24.3 Å². The van der Waals surface area contributed by atoms with Crippen LogP contribution in [0.15, 0.2) is 59.4 Å². The maximum atomic E-state index is 12.4. The van der Waals surface area contributed by atoms with Crippen LogP contribution in [0.1, 0.15) is 10.4 Å².